The minimum Gasteiger partial charge on any atom is -0.507 e. The molecular weight excluding hydrogens is 741 g/mol. The average molecular weight is 775 g/mol. The van der Waals surface area contributed by atoms with E-state index in [1.807, 2.05) is 24.3 Å². The van der Waals surface area contributed by atoms with Gasteiger partial charge in [0.25, 0.3) is 0 Å². The summed E-state index contributed by atoms with van der Waals surface area (Å²) in [5.74, 6) is -2.25. The smallest absolute Gasteiger partial charge is 0.356 e. The van der Waals surface area contributed by atoms with Crippen LogP contribution in [0.25, 0.3) is 55.2 Å². The number of hydrogen-bond donors (Lipinski definition) is 4. The summed E-state index contributed by atoms with van der Waals surface area (Å²) in [6, 6.07) is 28.9. The standard InChI is InChI=1S/C45H34N4O9/c1-23-20-29-37(26-10-4-5-11-27(26)43(52)53)28-16-19-36(50)30(21-46-32-12-6-8-24-14-17-34(44(54)56-2)48-38(24)32)41(28)58-42(29)31(40(23)51)22-47-33-13-7-9-25-15-18-35(45(55)57-3)49-39(25)33/h4-20,46-47,51H,21-22H2,1-3H3,(H,52,53). The molecule has 1 aliphatic heterocycles. The lowest BCUT2D eigenvalue weighted by molar-refractivity contribution is 0.0586. The molecule has 0 amide bonds. The zero-order valence-corrected chi connectivity index (χ0v) is 31.4. The molecule has 1 aliphatic carbocycles. The topological polar surface area (TPSA) is 190 Å². The number of pyridine rings is 2. The first-order valence-electron chi connectivity index (χ1n) is 18.1. The van der Waals surface area contributed by atoms with Crippen LogP contribution in [0, 0.1) is 6.92 Å². The Kier molecular flexibility index (Phi) is 9.63. The van der Waals surface area contributed by atoms with Crippen LogP contribution in [0.1, 0.15) is 48.0 Å². The van der Waals surface area contributed by atoms with Crippen LogP contribution in [0.15, 0.2) is 112 Å². The van der Waals surface area contributed by atoms with Crippen molar-refractivity contribution in [2.75, 3.05) is 24.9 Å². The predicted molar refractivity (Wildman–Crippen MR) is 219 cm³/mol. The lowest BCUT2D eigenvalue weighted by Crippen LogP contribution is -2.15. The van der Waals surface area contributed by atoms with Gasteiger partial charge < -0.3 is 34.7 Å². The number of carboxylic acid groups (broad SMARTS) is 1. The molecule has 6 aromatic rings. The fourth-order valence-electron chi connectivity index (χ4n) is 7.22. The number of hydrogen-bond acceptors (Lipinski definition) is 12. The number of nitrogens with zero attached hydrogens (tertiary/aromatic N) is 2. The molecule has 0 unspecified atom stereocenters. The summed E-state index contributed by atoms with van der Waals surface area (Å²) in [7, 11) is 2.55. The van der Waals surface area contributed by atoms with E-state index in [1.54, 1.807) is 73.7 Å². The molecular formula is C45H34N4O9. The Bertz CT molecular complexity index is 3010. The highest BCUT2D eigenvalue weighted by Crippen LogP contribution is 2.46. The molecule has 4 aromatic carbocycles. The van der Waals surface area contributed by atoms with Gasteiger partial charge in [0.2, 0.25) is 0 Å². The van der Waals surface area contributed by atoms with Crippen molar-refractivity contribution in [2.24, 2.45) is 0 Å². The van der Waals surface area contributed by atoms with Crippen LogP contribution in [0.4, 0.5) is 11.4 Å². The van der Waals surface area contributed by atoms with Gasteiger partial charge in [-0.1, -0.05) is 54.6 Å². The van der Waals surface area contributed by atoms with Gasteiger partial charge in [-0.3, -0.25) is 4.79 Å². The van der Waals surface area contributed by atoms with Gasteiger partial charge >= 0.3 is 17.9 Å². The minimum absolute atomic E-state index is 0.00284. The molecule has 4 N–H and O–H groups in total. The first-order valence-corrected chi connectivity index (χ1v) is 18.1. The number of phenolic OH excluding ortho intramolecular Hbond substituents is 1. The van der Waals surface area contributed by atoms with Crippen LogP contribution >= 0.6 is 0 Å². The van der Waals surface area contributed by atoms with Gasteiger partial charge in [0, 0.05) is 40.4 Å². The van der Waals surface area contributed by atoms with E-state index in [0.717, 1.165) is 10.8 Å². The molecule has 0 saturated heterocycles. The van der Waals surface area contributed by atoms with E-state index in [-0.39, 0.29) is 58.1 Å². The highest BCUT2D eigenvalue weighted by Gasteiger charge is 2.27. The highest BCUT2D eigenvalue weighted by atomic mass is 16.5. The number of benzene rings is 5. The highest BCUT2D eigenvalue weighted by molar-refractivity contribution is 6.09. The van der Waals surface area contributed by atoms with E-state index in [4.69, 9.17) is 13.9 Å². The van der Waals surface area contributed by atoms with Gasteiger partial charge in [-0.25, -0.2) is 24.4 Å². The van der Waals surface area contributed by atoms with Gasteiger partial charge in [0.05, 0.1) is 53.3 Å². The van der Waals surface area contributed by atoms with Crippen molar-refractivity contribution in [3.05, 3.63) is 147 Å². The number of aromatic carboxylic acids is 1. The lowest BCUT2D eigenvalue weighted by atomic mass is 9.88. The number of aromatic nitrogens is 2. The number of phenols is 1. The number of esters is 2. The maximum Gasteiger partial charge on any atom is 0.356 e. The molecule has 0 bridgehead atoms. The third kappa shape index (κ3) is 6.53. The Morgan fingerprint density at radius 2 is 1.29 bits per heavy atom. The van der Waals surface area contributed by atoms with E-state index in [0.29, 0.717) is 55.6 Å². The number of anilines is 2. The fourth-order valence-corrected chi connectivity index (χ4v) is 7.22. The monoisotopic (exact) mass is 774 g/mol. The number of carbonyl (C=O) groups excluding carboxylic acids is 2. The molecule has 3 heterocycles. The summed E-state index contributed by atoms with van der Waals surface area (Å²) in [5.41, 5.74) is 4.56. The van der Waals surface area contributed by atoms with Gasteiger partial charge in [0.1, 0.15) is 28.5 Å². The van der Waals surface area contributed by atoms with Crippen molar-refractivity contribution in [2.45, 2.75) is 20.0 Å². The van der Waals surface area contributed by atoms with E-state index in [9.17, 15) is 29.4 Å². The molecule has 58 heavy (non-hydrogen) atoms. The molecule has 0 saturated carbocycles. The maximum absolute atomic E-state index is 13.8. The second-order valence-electron chi connectivity index (χ2n) is 13.5. The normalized spacial score (nSPS) is 11.2. The van der Waals surface area contributed by atoms with Crippen LogP contribution in [-0.4, -0.2) is 52.3 Å². The van der Waals surface area contributed by atoms with Crippen LogP contribution in [0.5, 0.6) is 5.75 Å². The van der Waals surface area contributed by atoms with Gasteiger partial charge in [-0.15, -0.1) is 0 Å². The Morgan fingerprint density at radius 3 is 1.88 bits per heavy atom. The van der Waals surface area contributed by atoms with Gasteiger partial charge in [-0.05, 0) is 66.6 Å². The number of carboxylic acids is 1. The number of para-hydroxylation sites is 2. The predicted octanol–water partition coefficient (Wildman–Crippen LogP) is 8.17. The number of rotatable bonds is 10. The zero-order valence-electron chi connectivity index (χ0n) is 31.4. The Hall–Kier alpha value is -7.80. The van der Waals surface area contributed by atoms with E-state index >= 15 is 0 Å². The number of fused-ring (bicyclic) bond motifs is 4. The van der Waals surface area contributed by atoms with Gasteiger partial charge in [0.15, 0.2) is 5.43 Å². The molecule has 13 nitrogen and oxygen atoms in total. The minimum atomic E-state index is -1.15. The molecule has 288 valence electrons. The van der Waals surface area contributed by atoms with Crippen LogP contribution < -0.4 is 16.1 Å². The number of nitrogens with one attached hydrogen (secondary N) is 2. The number of aromatic hydroxyl groups is 1. The second-order valence-corrected chi connectivity index (χ2v) is 13.5. The van der Waals surface area contributed by atoms with Crippen molar-refractivity contribution in [3.8, 4) is 28.2 Å². The SMILES string of the molecule is COC(=O)c1ccc2cccc(NCc3c4oc5c(CNc6cccc7ccc(C(=O)OC)nc67)c(O)c(C)cc5c(-c5ccccc5C(=O)O)c-4ccc3=O)c2n1. The maximum atomic E-state index is 13.8. The van der Waals surface area contributed by atoms with Crippen molar-refractivity contribution < 1.29 is 38.5 Å². The summed E-state index contributed by atoms with van der Waals surface area (Å²) < 4.78 is 16.5. The van der Waals surface area contributed by atoms with Crippen LogP contribution in [0.3, 0.4) is 0 Å². The molecule has 8 rings (SSSR count). The number of ether oxygens (including phenoxy) is 2. The second kappa shape index (κ2) is 15.0. The summed E-state index contributed by atoms with van der Waals surface area (Å²) in [6.45, 7) is 1.68. The van der Waals surface area contributed by atoms with Crippen molar-refractivity contribution in [1.82, 2.24) is 9.97 Å². The Balaban J connectivity index is 1.32. The quantitative estimate of drug-likeness (QED) is 0.0770. The summed E-state index contributed by atoms with van der Waals surface area (Å²) in [6.07, 6.45) is 0. The third-order valence-corrected chi connectivity index (χ3v) is 10.1. The molecule has 0 radical (unpaired) electrons. The summed E-state index contributed by atoms with van der Waals surface area (Å²) in [5, 5.41) is 30.7. The number of carbonyl (C=O) groups is 3. The van der Waals surface area contributed by atoms with E-state index in [1.165, 1.54) is 26.4 Å². The molecule has 0 spiro atoms. The summed E-state index contributed by atoms with van der Waals surface area (Å²) >= 11 is 0. The fraction of sp³-hybridized carbons (Fsp3) is 0.111. The molecule has 2 aromatic heterocycles. The van der Waals surface area contributed by atoms with Gasteiger partial charge in [-0.2, -0.15) is 0 Å². The average Bonchev–Trinajstić information content (AvgIpc) is 3.24. The molecule has 0 fully saturated rings. The Labute approximate surface area is 329 Å². The third-order valence-electron chi connectivity index (χ3n) is 10.1. The van der Waals surface area contributed by atoms with Crippen molar-refractivity contribution in [3.63, 3.8) is 0 Å². The van der Waals surface area contributed by atoms with Crippen LogP contribution in [0.2, 0.25) is 0 Å². The largest absolute Gasteiger partial charge is 0.507 e. The van der Waals surface area contributed by atoms with Crippen molar-refractivity contribution >= 4 is 62.1 Å². The molecule has 13 heteroatoms. The van der Waals surface area contributed by atoms with Crippen LogP contribution in [-0.2, 0) is 22.6 Å². The molecule has 2 aliphatic rings. The first kappa shape index (κ1) is 37.1. The molecule has 0 atom stereocenters. The summed E-state index contributed by atoms with van der Waals surface area (Å²) in [4.78, 5) is 60.2. The van der Waals surface area contributed by atoms with E-state index in [2.05, 4.69) is 20.6 Å². The first-order chi connectivity index (χ1) is 28.1. The van der Waals surface area contributed by atoms with Crippen molar-refractivity contribution in [1.29, 1.82) is 0 Å². The Morgan fingerprint density at radius 1 is 0.707 bits per heavy atom. The number of aryl methyl sites for hydroxylation is 1. The lowest BCUT2D eigenvalue weighted by Gasteiger charge is -2.22. The zero-order chi connectivity index (χ0) is 40.7. The number of methoxy groups -OCH3 is 2. The van der Waals surface area contributed by atoms with E-state index < -0.39 is 17.9 Å².